The predicted octanol–water partition coefficient (Wildman–Crippen LogP) is 1.39. The van der Waals surface area contributed by atoms with Gasteiger partial charge < -0.3 is 74.6 Å². The number of guanidine groups is 1. The van der Waals surface area contributed by atoms with Gasteiger partial charge in [-0.2, -0.15) is 21.4 Å². The zero-order valence-corrected chi connectivity index (χ0v) is 66.0. The fourth-order valence-electron chi connectivity index (χ4n) is 12.9. The first-order chi connectivity index (χ1) is 52.0. The summed E-state index contributed by atoms with van der Waals surface area (Å²) >= 11 is 0.922. The number of hydrogen-bond donors (Lipinski definition) is 15. The zero-order valence-electron chi connectivity index (χ0n) is 61.9. The maximum Gasteiger partial charge on any atom is 0.305 e. The molecule has 10 amide bonds. The van der Waals surface area contributed by atoms with E-state index in [-0.39, 0.29) is 96.3 Å². The van der Waals surface area contributed by atoms with Gasteiger partial charge in [-0.25, -0.2) is 0 Å². The summed E-state index contributed by atoms with van der Waals surface area (Å²) in [6.45, 7) is 10.2. The van der Waals surface area contributed by atoms with Crippen LogP contribution in [0.3, 0.4) is 0 Å². The number of carboxylic acid groups (broad SMARTS) is 1. The quantitative estimate of drug-likeness (QED) is 0.0103. The van der Waals surface area contributed by atoms with Gasteiger partial charge in [0, 0.05) is 97.7 Å². The molecular weight excluding hydrogens is 1520 g/mol. The lowest BCUT2D eigenvalue weighted by atomic mass is 9.81. The van der Waals surface area contributed by atoms with Gasteiger partial charge in [0.2, 0.25) is 64.8 Å². The number of rotatable bonds is 26. The van der Waals surface area contributed by atoms with Crippen LogP contribution in [0.5, 0.6) is 0 Å². The van der Waals surface area contributed by atoms with Crippen molar-refractivity contribution in [1.29, 1.82) is 0 Å². The van der Waals surface area contributed by atoms with E-state index in [1.807, 2.05) is 65.0 Å². The number of hydrogen-bond acceptors (Lipinski definition) is 20. The minimum Gasteiger partial charge on any atom is -0.481 e. The highest BCUT2D eigenvalue weighted by atomic mass is 33.1. The van der Waals surface area contributed by atoms with Gasteiger partial charge >= 0.3 is 5.97 Å². The molecule has 3 aromatic rings. The van der Waals surface area contributed by atoms with Gasteiger partial charge in [0.05, 0.1) is 33.9 Å². The van der Waals surface area contributed by atoms with Crippen LogP contribution in [0.1, 0.15) is 116 Å². The first-order valence-electron chi connectivity index (χ1n) is 35.8. The van der Waals surface area contributed by atoms with E-state index in [2.05, 4.69) is 67.6 Å². The van der Waals surface area contributed by atoms with Crippen molar-refractivity contribution in [2.24, 2.45) is 16.5 Å². The molecule has 2 bridgehead atoms. The molecular formula is C72H98N15O18S5+. The Kier molecular flexibility index (Phi) is 32.4. The lowest BCUT2D eigenvalue weighted by Crippen LogP contribution is -2.60. The third kappa shape index (κ3) is 25.1. The summed E-state index contributed by atoms with van der Waals surface area (Å²) in [6.07, 6.45) is 10.6. The van der Waals surface area contributed by atoms with E-state index in [0.717, 1.165) is 61.7 Å². The van der Waals surface area contributed by atoms with Crippen LogP contribution in [0, 0.1) is 0 Å². The molecule has 4 aliphatic heterocycles. The van der Waals surface area contributed by atoms with Crippen molar-refractivity contribution >= 4 is 142 Å². The number of unbranched alkanes of at least 4 members (excludes halogenated alkanes) is 3. The third-order valence-electron chi connectivity index (χ3n) is 18.7. The number of amides is 10. The largest absolute Gasteiger partial charge is 0.481 e. The van der Waals surface area contributed by atoms with Crippen molar-refractivity contribution < 1.29 is 88.4 Å². The number of aliphatic carboxylic acids is 1. The number of anilines is 1. The van der Waals surface area contributed by atoms with Crippen LogP contribution in [0.25, 0.3) is 0 Å². The summed E-state index contributed by atoms with van der Waals surface area (Å²) in [5.41, 5.74) is 15.0. The number of carboxylic acids is 1. The number of fused-ring (bicyclic) bond motifs is 7. The Balaban J connectivity index is 1.06. The first-order valence-corrected chi connectivity index (χ1v) is 42.3. The second-order valence-electron chi connectivity index (χ2n) is 27.5. The number of aliphatic imine (C=N–C) groups is 1. The minimum absolute atomic E-state index is 0.000342. The second-order valence-corrected chi connectivity index (χ2v) is 33.9. The molecule has 0 unspecified atom stereocenters. The molecule has 0 radical (unpaired) electrons. The Bertz CT molecular complexity index is 4320. The molecule has 0 spiro atoms. The number of thioether (sulfide) groups is 1. The monoisotopic (exact) mass is 1620 g/mol. The number of nitrogens with one attached hydrogen (secondary N) is 10. The standard InChI is InChI=1S/C72H97N15O18S5/c1-7-86-55-29-27-44(109(100,101)102)35-46(55)71(2,3)57(86)24-13-9-14-25-58-72(4,5)47-36-45(110(103,104)105)28-30-56(47)87(58)33-18-10-15-26-59(88)76-31-17-16-22-49-65(95)84-53-40-107-108-41-54(69(99)82-50(34-43-20-11-8-12-21-43)66(96)83-52(63(93)75-6)39-106-42-61(90)79-49)85-67(97)51(37-62(91)92)80-60(89)38-78-64(94)48(81-68(53)98)23-19-32-77-70(73)74/h8-9,11-14,20-21,24-25,27-30,35-36,48-54H,7,10,15-19,22-23,26,31-34,37-42H2,1-6H3,(H16-,73,74,75,76,77,78,79,80,81,82,83,84,85,88,89,90,91,92,93,94,95,96,97,98,99,100,101,102,103,104,105)/p+1/t48-,49-,50-,51-,52-,53-,54-/m0/s1. The normalized spacial score (nSPS) is 22.4. The van der Waals surface area contributed by atoms with Crippen LogP contribution in [0.4, 0.5) is 11.4 Å². The Hall–Kier alpha value is -9.34. The summed E-state index contributed by atoms with van der Waals surface area (Å²) < 4.78 is 70.8. The lowest BCUT2D eigenvalue weighted by Gasteiger charge is -2.27. The van der Waals surface area contributed by atoms with Crippen LogP contribution in [0.15, 0.2) is 118 Å². The SMILES string of the molecule is CCN1C(=CC=CC=CC2=[N+](CCCCCC(=O)NCCCC[C@@H]3NC(=O)CSC[C@@H](C(=O)NC)NC(=O)[C@H](Cc4ccccc4)NC(=O)[C@@H]4CSSC[C@H](NC3=O)C(=O)N[C@@H](CCCN=C(N)N)C(=O)NCC(=O)N[C@@H](CC(=O)O)C(=O)N4)c3ccc(S(=O)(=O)O)cc3C2(C)C)C(C)(C)c2cc(S(=O)(=O)O)ccc21. The van der Waals surface area contributed by atoms with Crippen molar-refractivity contribution in [3.63, 3.8) is 0 Å². The van der Waals surface area contributed by atoms with Gasteiger partial charge in [-0.3, -0.25) is 66.8 Å². The molecule has 2 saturated heterocycles. The van der Waals surface area contributed by atoms with Crippen LogP contribution >= 0.6 is 33.3 Å². The van der Waals surface area contributed by atoms with Gasteiger partial charge in [-0.15, -0.1) is 11.8 Å². The molecule has 0 aliphatic carbocycles. The fraction of sp³-hybridized carbons (Fsp3) is 0.486. The van der Waals surface area contributed by atoms with Crippen LogP contribution in [-0.2, 0) is 90.2 Å². The molecule has 2 fully saturated rings. The van der Waals surface area contributed by atoms with Gasteiger partial charge in [-0.1, -0.05) is 84.0 Å². The number of carbonyl (C=O) groups is 11. The predicted molar refractivity (Wildman–Crippen MR) is 418 cm³/mol. The highest BCUT2D eigenvalue weighted by Gasteiger charge is 2.46. The minimum atomic E-state index is -4.55. The summed E-state index contributed by atoms with van der Waals surface area (Å²) in [4.78, 5) is 158. The smallest absolute Gasteiger partial charge is 0.305 e. The maximum absolute atomic E-state index is 14.7. The van der Waals surface area contributed by atoms with E-state index in [9.17, 15) is 83.8 Å². The molecule has 110 heavy (non-hydrogen) atoms. The van der Waals surface area contributed by atoms with E-state index < -0.39 is 145 Å². The highest BCUT2D eigenvalue weighted by Crippen LogP contribution is 2.48. The van der Waals surface area contributed by atoms with Crippen LogP contribution < -0.4 is 69.5 Å². The Labute approximate surface area is 651 Å². The van der Waals surface area contributed by atoms with E-state index in [4.69, 9.17) is 11.5 Å². The van der Waals surface area contributed by atoms with Gasteiger partial charge in [0.25, 0.3) is 20.2 Å². The van der Waals surface area contributed by atoms with Crippen molar-refractivity contribution in [3.05, 3.63) is 119 Å². The highest BCUT2D eigenvalue weighted by molar-refractivity contribution is 8.76. The van der Waals surface area contributed by atoms with Gasteiger partial charge in [-0.05, 0) is 113 Å². The van der Waals surface area contributed by atoms with E-state index >= 15 is 0 Å². The maximum atomic E-state index is 14.7. The summed E-state index contributed by atoms with van der Waals surface area (Å²) in [5.74, 6) is -11.2. The van der Waals surface area contributed by atoms with E-state index in [1.54, 1.807) is 42.5 Å². The van der Waals surface area contributed by atoms with Crippen molar-refractivity contribution in [3.8, 4) is 0 Å². The average molecular weight is 1620 g/mol. The van der Waals surface area contributed by atoms with E-state index in [0.29, 0.717) is 49.9 Å². The summed E-state index contributed by atoms with van der Waals surface area (Å²) in [7, 11) is -5.82. The molecule has 0 saturated carbocycles. The molecule has 17 N–H and O–H groups in total. The fourth-order valence-corrected chi connectivity index (χ4v) is 17.1. The van der Waals surface area contributed by atoms with Crippen LogP contribution in [-0.4, -0.2) is 217 Å². The molecule has 33 nitrogen and oxygen atoms in total. The average Bonchev–Trinajstić information content (AvgIpc) is 1.59. The molecule has 38 heteroatoms. The Morgan fingerprint density at radius 3 is 1.91 bits per heavy atom. The zero-order chi connectivity index (χ0) is 80.7. The van der Waals surface area contributed by atoms with Crippen molar-refractivity contribution in [1.82, 2.24) is 53.2 Å². The van der Waals surface area contributed by atoms with Crippen molar-refractivity contribution in [2.45, 2.75) is 168 Å². The number of likely N-dealkylation sites (N-methyl/N-ethyl adjacent to an activating group) is 2. The Morgan fingerprint density at radius 2 is 1.27 bits per heavy atom. The molecule has 7 atom stereocenters. The molecule has 3 aromatic carbocycles. The number of nitrogens with two attached hydrogens (primary N) is 2. The molecule has 4 aliphatic rings. The second kappa shape index (κ2) is 40.6. The summed E-state index contributed by atoms with van der Waals surface area (Å²) in [6, 6.07) is 7.10. The Morgan fingerprint density at radius 1 is 0.664 bits per heavy atom. The number of nitrogens with zero attached hydrogens (tertiary/aromatic N) is 3. The van der Waals surface area contributed by atoms with Gasteiger partial charge in [0.15, 0.2) is 11.7 Å². The lowest BCUT2D eigenvalue weighted by molar-refractivity contribution is -0.438. The number of carbonyl (C=O) groups excluding carboxylic acids is 10. The van der Waals surface area contributed by atoms with Crippen LogP contribution in [0.2, 0.25) is 0 Å². The molecule has 0 aromatic heterocycles. The topological polar surface area (TPSA) is 508 Å². The van der Waals surface area contributed by atoms with E-state index in [1.165, 1.54) is 31.3 Å². The first kappa shape index (κ1) is 87.9. The number of benzene rings is 3. The third-order valence-corrected chi connectivity index (χ3v) is 23.9. The summed E-state index contributed by atoms with van der Waals surface area (Å²) in [5, 5.41) is 35.7. The molecule has 4 heterocycles. The molecule has 598 valence electrons. The molecule has 7 rings (SSSR count). The number of allylic oxidation sites excluding steroid dienone is 6. The van der Waals surface area contributed by atoms with Crippen molar-refractivity contribution in [2.75, 3.05) is 67.7 Å². The van der Waals surface area contributed by atoms with Gasteiger partial charge in [0.1, 0.15) is 48.8 Å².